The maximum absolute atomic E-state index is 13.1. The van der Waals surface area contributed by atoms with E-state index in [2.05, 4.69) is 5.32 Å². The zero-order chi connectivity index (χ0) is 20.6. The standard InChI is InChI=1S/C21H31NO5/c1-7-26-19(24)16(13-15-11-9-8-10-12-15)18(23)17(14(2)3)22-20(25)27-21(4,5)6/h8-12,14,16-17H,7,13H2,1-6H3,(H,22,25). The number of Topliss-reactive ketones (excluding diaryl/α,β-unsaturated/α-hetero) is 1. The molecular weight excluding hydrogens is 346 g/mol. The number of hydrogen-bond donors (Lipinski definition) is 1. The number of nitrogens with one attached hydrogen (secondary N) is 1. The van der Waals surface area contributed by atoms with E-state index in [1.807, 2.05) is 44.2 Å². The third kappa shape index (κ3) is 7.81. The minimum atomic E-state index is -0.991. The van der Waals surface area contributed by atoms with Crippen LogP contribution in [0.4, 0.5) is 4.79 Å². The first-order chi connectivity index (χ1) is 12.5. The first-order valence-corrected chi connectivity index (χ1v) is 9.29. The van der Waals surface area contributed by atoms with Crippen LogP contribution in [0.3, 0.4) is 0 Å². The van der Waals surface area contributed by atoms with Crippen molar-refractivity contribution in [3.8, 4) is 0 Å². The molecule has 0 aliphatic carbocycles. The Labute approximate surface area is 161 Å². The van der Waals surface area contributed by atoms with Crippen LogP contribution in [0.5, 0.6) is 0 Å². The second-order valence-electron chi connectivity index (χ2n) is 7.76. The molecule has 1 N–H and O–H groups in total. The first-order valence-electron chi connectivity index (χ1n) is 9.29. The van der Waals surface area contributed by atoms with Crippen LogP contribution in [0.1, 0.15) is 47.1 Å². The Morgan fingerprint density at radius 2 is 1.67 bits per heavy atom. The Balaban J connectivity index is 3.03. The van der Waals surface area contributed by atoms with E-state index in [1.54, 1.807) is 27.7 Å². The van der Waals surface area contributed by atoms with Gasteiger partial charge in [-0.15, -0.1) is 0 Å². The number of benzene rings is 1. The molecule has 1 aromatic carbocycles. The van der Waals surface area contributed by atoms with Crippen LogP contribution in [0.15, 0.2) is 30.3 Å². The van der Waals surface area contributed by atoms with Gasteiger partial charge in [0.2, 0.25) is 0 Å². The Morgan fingerprint density at radius 1 is 1.07 bits per heavy atom. The molecule has 6 heteroatoms. The molecule has 2 unspecified atom stereocenters. The summed E-state index contributed by atoms with van der Waals surface area (Å²) >= 11 is 0. The highest BCUT2D eigenvalue weighted by atomic mass is 16.6. The number of rotatable bonds is 8. The highest BCUT2D eigenvalue weighted by Gasteiger charge is 2.36. The summed E-state index contributed by atoms with van der Waals surface area (Å²) in [5.41, 5.74) is 0.169. The van der Waals surface area contributed by atoms with Crippen LogP contribution >= 0.6 is 0 Å². The quantitative estimate of drug-likeness (QED) is 0.554. The third-order valence-corrected chi connectivity index (χ3v) is 3.84. The molecule has 1 amide bonds. The molecule has 27 heavy (non-hydrogen) atoms. The number of esters is 1. The fourth-order valence-corrected chi connectivity index (χ4v) is 2.61. The molecule has 1 rings (SSSR count). The van der Waals surface area contributed by atoms with Crippen LogP contribution < -0.4 is 5.32 Å². The summed E-state index contributed by atoms with van der Waals surface area (Å²) in [6.07, 6.45) is -0.463. The van der Waals surface area contributed by atoms with E-state index in [-0.39, 0.29) is 24.7 Å². The maximum atomic E-state index is 13.1. The Hall–Kier alpha value is -2.37. The second kappa shape index (κ2) is 10.1. The van der Waals surface area contributed by atoms with Gasteiger partial charge in [0.05, 0.1) is 12.6 Å². The van der Waals surface area contributed by atoms with Crippen molar-refractivity contribution in [2.45, 2.75) is 59.6 Å². The largest absolute Gasteiger partial charge is 0.465 e. The van der Waals surface area contributed by atoms with Gasteiger partial charge in [0, 0.05) is 0 Å². The highest BCUT2D eigenvalue weighted by molar-refractivity contribution is 6.03. The van der Waals surface area contributed by atoms with E-state index in [4.69, 9.17) is 9.47 Å². The molecule has 2 atom stereocenters. The number of hydrogen-bond acceptors (Lipinski definition) is 5. The number of ether oxygens (including phenoxy) is 2. The number of ketones is 1. The smallest absolute Gasteiger partial charge is 0.408 e. The van der Waals surface area contributed by atoms with Crippen molar-refractivity contribution in [1.82, 2.24) is 5.32 Å². The molecule has 0 saturated carbocycles. The van der Waals surface area contributed by atoms with Crippen LogP contribution in [-0.4, -0.2) is 36.1 Å². The molecular formula is C21H31NO5. The summed E-state index contributed by atoms with van der Waals surface area (Å²) in [6, 6.07) is 8.42. The first kappa shape index (κ1) is 22.7. The maximum Gasteiger partial charge on any atom is 0.408 e. The Kier molecular flexibility index (Phi) is 8.47. The van der Waals surface area contributed by atoms with Crippen molar-refractivity contribution in [2.24, 2.45) is 11.8 Å². The predicted molar refractivity (Wildman–Crippen MR) is 103 cm³/mol. The van der Waals surface area contributed by atoms with E-state index in [1.165, 1.54) is 0 Å². The van der Waals surface area contributed by atoms with E-state index in [9.17, 15) is 14.4 Å². The average Bonchev–Trinajstić information content (AvgIpc) is 2.56. The zero-order valence-electron chi connectivity index (χ0n) is 17.1. The number of carbonyl (C=O) groups is 3. The van der Waals surface area contributed by atoms with Crippen molar-refractivity contribution >= 4 is 17.8 Å². The van der Waals surface area contributed by atoms with Crippen LogP contribution in [0, 0.1) is 11.8 Å². The lowest BCUT2D eigenvalue weighted by Crippen LogP contribution is -2.50. The van der Waals surface area contributed by atoms with E-state index < -0.39 is 29.6 Å². The zero-order valence-corrected chi connectivity index (χ0v) is 17.1. The third-order valence-electron chi connectivity index (χ3n) is 3.84. The topological polar surface area (TPSA) is 81.7 Å². The highest BCUT2D eigenvalue weighted by Crippen LogP contribution is 2.18. The van der Waals surface area contributed by atoms with Gasteiger partial charge in [0.15, 0.2) is 5.78 Å². The summed E-state index contributed by atoms with van der Waals surface area (Å²) in [5.74, 6) is -2.16. The summed E-state index contributed by atoms with van der Waals surface area (Å²) in [4.78, 5) is 37.7. The van der Waals surface area contributed by atoms with E-state index >= 15 is 0 Å². The fourth-order valence-electron chi connectivity index (χ4n) is 2.61. The lowest BCUT2D eigenvalue weighted by atomic mass is 9.87. The van der Waals surface area contributed by atoms with Crippen molar-refractivity contribution in [3.63, 3.8) is 0 Å². The minimum Gasteiger partial charge on any atom is -0.465 e. The summed E-state index contributed by atoms with van der Waals surface area (Å²) in [6.45, 7) is 10.7. The van der Waals surface area contributed by atoms with Crippen molar-refractivity contribution in [3.05, 3.63) is 35.9 Å². The molecule has 0 heterocycles. The van der Waals surface area contributed by atoms with Gasteiger partial charge in [0.1, 0.15) is 11.5 Å². The van der Waals surface area contributed by atoms with Gasteiger partial charge in [-0.25, -0.2) is 4.79 Å². The monoisotopic (exact) mass is 377 g/mol. The molecule has 1 aromatic rings. The van der Waals surface area contributed by atoms with Crippen LogP contribution in [0.2, 0.25) is 0 Å². The molecule has 0 aliphatic rings. The lowest BCUT2D eigenvalue weighted by Gasteiger charge is -2.27. The predicted octanol–water partition coefficient (Wildman–Crippen LogP) is 3.53. The van der Waals surface area contributed by atoms with Crippen molar-refractivity contribution < 1.29 is 23.9 Å². The van der Waals surface area contributed by atoms with Gasteiger partial charge in [-0.3, -0.25) is 9.59 Å². The number of carbonyl (C=O) groups excluding carboxylic acids is 3. The molecule has 0 spiro atoms. The Bertz CT molecular complexity index is 634. The van der Waals surface area contributed by atoms with Gasteiger partial charge < -0.3 is 14.8 Å². The molecule has 0 aliphatic heterocycles. The normalized spacial score (nSPS) is 13.6. The molecule has 150 valence electrons. The molecule has 0 bridgehead atoms. The SMILES string of the molecule is CCOC(=O)C(Cc1ccccc1)C(=O)C(NC(=O)OC(C)(C)C)C(C)C. The molecule has 0 saturated heterocycles. The van der Waals surface area contributed by atoms with Crippen LogP contribution in [-0.2, 0) is 25.5 Å². The molecule has 0 fully saturated rings. The van der Waals surface area contributed by atoms with Gasteiger partial charge in [-0.1, -0.05) is 44.2 Å². The van der Waals surface area contributed by atoms with Crippen molar-refractivity contribution in [1.29, 1.82) is 0 Å². The van der Waals surface area contributed by atoms with Crippen LogP contribution in [0.25, 0.3) is 0 Å². The molecule has 0 radical (unpaired) electrons. The molecule has 0 aromatic heterocycles. The van der Waals surface area contributed by atoms with E-state index in [0.717, 1.165) is 5.56 Å². The summed E-state index contributed by atoms with van der Waals surface area (Å²) in [5, 5.41) is 2.62. The van der Waals surface area contributed by atoms with Gasteiger partial charge in [-0.2, -0.15) is 0 Å². The summed E-state index contributed by atoms with van der Waals surface area (Å²) < 4.78 is 10.4. The van der Waals surface area contributed by atoms with Gasteiger partial charge in [-0.05, 0) is 45.6 Å². The fraction of sp³-hybridized carbons (Fsp3) is 0.571. The number of alkyl carbamates (subject to hydrolysis) is 1. The Morgan fingerprint density at radius 3 is 2.15 bits per heavy atom. The molecule has 6 nitrogen and oxygen atoms in total. The van der Waals surface area contributed by atoms with Crippen molar-refractivity contribution in [2.75, 3.05) is 6.61 Å². The van der Waals surface area contributed by atoms with Gasteiger partial charge >= 0.3 is 12.1 Å². The number of amides is 1. The average molecular weight is 377 g/mol. The second-order valence-corrected chi connectivity index (χ2v) is 7.76. The van der Waals surface area contributed by atoms with E-state index in [0.29, 0.717) is 0 Å². The lowest BCUT2D eigenvalue weighted by molar-refractivity contribution is -0.152. The minimum absolute atomic E-state index is 0.184. The summed E-state index contributed by atoms with van der Waals surface area (Å²) in [7, 11) is 0. The van der Waals surface area contributed by atoms with Gasteiger partial charge in [0.25, 0.3) is 0 Å².